The van der Waals surface area contributed by atoms with Crippen LogP contribution in [0, 0.1) is 0 Å². The van der Waals surface area contributed by atoms with Crippen LogP contribution in [-0.4, -0.2) is 18.9 Å². The molecule has 1 aromatic rings. The van der Waals surface area contributed by atoms with Crippen LogP contribution in [0.5, 0.6) is 5.75 Å². The molecule has 0 unspecified atom stereocenters. The van der Waals surface area contributed by atoms with Crippen LogP contribution in [0.3, 0.4) is 0 Å². The standard InChI is InChI=1S/C11H10BrF3O3/c1-2-17-10(16)6-7-8(12)4-3-5-9(7)18-11(13,14)15/h3-5H,2,6H2,1H3. The average molecular weight is 327 g/mol. The van der Waals surface area contributed by atoms with Crippen LogP contribution in [0.15, 0.2) is 22.7 Å². The van der Waals surface area contributed by atoms with Gasteiger partial charge in [-0.15, -0.1) is 13.2 Å². The van der Waals surface area contributed by atoms with Crippen LogP contribution in [-0.2, 0) is 16.0 Å². The molecule has 0 radical (unpaired) electrons. The molecule has 0 atom stereocenters. The van der Waals surface area contributed by atoms with Crippen molar-refractivity contribution < 1.29 is 27.4 Å². The van der Waals surface area contributed by atoms with Gasteiger partial charge >= 0.3 is 12.3 Å². The van der Waals surface area contributed by atoms with E-state index in [4.69, 9.17) is 0 Å². The van der Waals surface area contributed by atoms with Gasteiger partial charge in [0, 0.05) is 10.0 Å². The minimum Gasteiger partial charge on any atom is -0.466 e. The van der Waals surface area contributed by atoms with Gasteiger partial charge < -0.3 is 9.47 Å². The predicted octanol–water partition coefficient (Wildman–Crippen LogP) is 3.45. The fourth-order valence-electron chi connectivity index (χ4n) is 1.29. The fraction of sp³-hybridized carbons (Fsp3) is 0.364. The quantitative estimate of drug-likeness (QED) is 0.795. The molecule has 0 aliphatic rings. The van der Waals surface area contributed by atoms with Crippen molar-refractivity contribution >= 4 is 21.9 Å². The van der Waals surface area contributed by atoms with E-state index >= 15 is 0 Å². The van der Waals surface area contributed by atoms with Gasteiger partial charge in [0.05, 0.1) is 13.0 Å². The molecule has 18 heavy (non-hydrogen) atoms. The molecule has 1 rings (SSSR count). The molecule has 0 saturated carbocycles. The Morgan fingerprint density at radius 2 is 2.06 bits per heavy atom. The molecule has 0 N–H and O–H groups in total. The Morgan fingerprint density at radius 3 is 2.61 bits per heavy atom. The lowest BCUT2D eigenvalue weighted by Gasteiger charge is -2.14. The monoisotopic (exact) mass is 326 g/mol. The summed E-state index contributed by atoms with van der Waals surface area (Å²) in [7, 11) is 0. The second-order valence-corrected chi connectivity index (χ2v) is 4.10. The van der Waals surface area contributed by atoms with Crippen molar-refractivity contribution in [2.24, 2.45) is 0 Å². The summed E-state index contributed by atoms with van der Waals surface area (Å²) in [5, 5.41) is 0. The Bertz CT molecular complexity index is 432. The molecule has 0 aliphatic heterocycles. The highest BCUT2D eigenvalue weighted by molar-refractivity contribution is 9.10. The van der Waals surface area contributed by atoms with Gasteiger partial charge in [-0.1, -0.05) is 22.0 Å². The van der Waals surface area contributed by atoms with Crippen LogP contribution >= 0.6 is 15.9 Å². The van der Waals surface area contributed by atoms with Gasteiger partial charge in [-0.05, 0) is 19.1 Å². The summed E-state index contributed by atoms with van der Waals surface area (Å²) in [5.74, 6) is -1.03. The first-order valence-corrected chi connectivity index (χ1v) is 5.81. The fourth-order valence-corrected chi connectivity index (χ4v) is 1.78. The van der Waals surface area contributed by atoms with Gasteiger partial charge in [0.2, 0.25) is 0 Å². The van der Waals surface area contributed by atoms with E-state index in [0.29, 0.717) is 4.47 Å². The van der Waals surface area contributed by atoms with Crippen molar-refractivity contribution in [2.45, 2.75) is 19.7 Å². The maximum atomic E-state index is 12.2. The van der Waals surface area contributed by atoms with Crippen molar-refractivity contribution in [1.29, 1.82) is 0 Å². The number of benzene rings is 1. The number of hydrogen-bond donors (Lipinski definition) is 0. The minimum absolute atomic E-state index is 0.105. The average Bonchev–Trinajstić information content (AvgIpc) is 2.21. The first-order valence-electron chi connectivity index (χ1n) is 5.02. The Balaban J connectivity index is 2.97. The van der Waals surface area contributed by atoms with Crippen LogP contribution in [0.2, 0.25) is 0 Å². The molecule has 100 valence electrons. The molecule has 0 bridgehead atoms. The SMILES string of the molecule is CCOC(=O)Cc1c(Br)cccc1OC(F)(F)F. The second kappa shape index (κ2) is 6.08. The lowest BCUT2D eigenvalue weighted by molar-refractivity contribution is -0.275. The summed E-state index contributed by atoms with van der Waals surface area (Å²) in [4.78, 5) is 11.3. The first kappa shape index (κ1) is 14.8. The van der Waals surface area contributed by atoms with Crippen LogP contribution in [0.1, 0.15) is 12.5 Å². The highest BCUT2D eigenvalue weighted by Gasteiger charge is 2.32. The Morgan fingerprint density at radius 1 is 1.39 bits per heavy atom. The zero-order valence-electron chi connectivity index (χ0n) is 9.38. The number of hydrogen-bond acceptors (Lipinski definition) is 3. The molecule has 0 saturated heterocycles. The van der Waals surface area contributed by atoms with Gasteiger partial charge in [0.25, 0.3) is 0 Å². The third kappa shape index (κ3) is 4.56. The van der Waals surface area contributed by atoms with Crippen molar-refractivity contribution in [3.8, 4) is 5.75 Å². The molecule has 0 heterocycles. The number of carbonyl (C=O) groups excluding carboxylic acids is 1. The molecule has 0 fully saturated rings. The Hall–Kier alpha value is -1.24. The highest BCUT2D eigenvalue weighted by Crippen LogP contribution is 2.31. The molecular formula is C11H10BrF3O3. The van der Waals surface area contributed by atoms with Crippen molar-refractivity contribution in [3.05, 3.63) is 28.2 Å². The zero-order chi connectivity index (χ0) is 13.8. The molecular weight excluding hydrogens is 317 g/mol. The zero-order valence-corrected chi connectivity index (χ0v) is 11.0. The van der Waals surface area contributed by atoms with Crippen molar-refractivity contribution in [3.63, 3.8) is 0 Å². The highest BCUT2D eigenvalue weighted by atomic mass is 79.9. The predicted molar refractivity (Wildman–Crippen MR) is 61.2 cm³/mol. The van der Waals surface area contributed by atoms with Gasteiger partial charge in [-0.25, -0.2) is 0 Å². The topological polar surface area (TPSA) is 35.5 Å². The van der Waals surface area contributed by atoms with Crippen LogP contribution < -0.4 is 4.74 Å². The molecule has 0 amide bonds. The third-order valence-corrected chi connectivity index (χ3v) is 2.67. The largest absolute Gasteiger partial charge is 0.573 e. The molecule has 1 aromatic carbocycles. The maximum absolute atomic E-state index is 12.2. The van der Waals surface area contributed by atoms with E-state index in [0.717, 1.165) is 6.07 Å². The normalized spacial score (nSPS) is 11.2. The number of halogens is 4. The van der Waals surface area contributed by atoms with E-state index in [2.05, 4.69) is 25.4 Å². The number of esters is 1. The van der Waals surface area contributed by atoms with Crippen LogP contribution in [0.4, 0.5) is 13.2 Å². The van der Waals surface area contributed by atoms with Crippen LogP contribution in [0.25, 0.3) is 0 Å². The summed E-state index contributed by atoms with van der Waals surface area (Å²) in [6.45, 7) is 1.78. The number of alkyl halides is 3. The third-order valence-electron chi connectivity index (χ3n) is 1.93. The van der Waals surface area contributed by atoms with E-state index in [9.17, 15) is 18.0 Å². The summed E-state index contributed by atoms with van der Waals surface area (Å²) in [6.07, 6.45) is -5.09. The molecule has 7 heteroatoms. The summed E-state index contributed by atoms with van der Waals surface area (Å²) >= 11 is 3.08. The summed E-state index contributed by atoms with van der Waals surface area (Å²) in [6, 6.07) is 4.06. The van der Waals surface area contributed by atoms with E-state index in [1.54, 1.807) is 6.92 Å². The van der Waals surface area contributed by atoms with E-state index in [1.165, 1.54) is 12.1 Å². The van der Waals surface area contributed by atoms with Crippen molar-refractivity contribution in [1.82, 2.24) is 0 Å². The molecule has 0 aromatic heterocycles. The van der Waals surface area contributed by atoms with Gasteiger partial charge in [-0.2, -0.15) is 0 Å². The number of ether oxygens (including phenoxy) is 2. The van der Waals surface area contributed by atoms with E-state index in [-0.39, 0.29) is 18.6 Å². The molecule has 3 nitrogen and oxygen atoms in total. The Labute approximate surface area is 110 Å². The van der Waals surface area contributed by atoms with Gasteiger partial charge in [0.15, 0.2) is 0 Å². The lowest BCUT2D eigenvalue weighted by Crippen LogP contribution is -2.19. The lowest BCUT2D eigenvalue weighted by atomic mass is 10.1. The maximum Gasteiger partial charge on any atom is 0.573 e. The van der Waals surface area contributed by atoms with Gasteiger partial charge in [0.1, 0.15) is 5.75 Å². The van der Waals surface area contributed by atoms with E-state index < -0.39 is 18.1 Å². The number of rotatable bonds is 4. The van der Waals surface area contributed by atoms with Gasteiger partial charge in [-0.3, -0.25) is 4.79 Å². The second-order valence-electron chi connectivity index (χ2n) is 3.25. The first-order chi connectivity index (χ1) is 8.33. The summed E-state index contributed by atoms with van der Waals surface area (Å²) < 4.78 is 45.5. The number of carbonyl (C=O) groups is 1. The molecule has 0 aliphatic carbocycles. The summed E-state index contributed by atoms with van der Waals surface area (Å²) in [5.41, 5.74) is 0.105. The molecule has 0 spiro atoms. The smallest absolute Gasteiger partial charge is 0.466 e. The minimum atomic E-state index is -4.80. The van der Waals surface area contributed by atoms with Crippen molar-refractivity contribution in [2.75, 3.05) is 6.61 Å². The Kier molecular flexibility index (Phi) is 5.01. The van der Waals surface area contributed by atoms with E-state index in [1.807, 2.05) is 0 Å².